The van der Waals surface area contributed by atoms with Crippen molar-refractivity contribution >= 4 is 0 Å². The number of benzene rings is 1. The Morgan fingerprint density at radius 2 is 1.79 bits per heavy atom. The molecule has 1 unspecified atom stereocenters. The molecule has 1 aromatic rings. The van der Waals surface area contributed by atoms with E-state index in [4.69, 9.17) is 0 Å². The summed E-state index contributed by atoms with van der Waals surface area (Å²) in [6, 6.07) is 4.62. The van der Waals surface area contributed by atoms with E-state index in [1.807, 2.05) is 0 Å². The fourth-order valence-corrected chi connectivity index (χ4v) is 1.86. The summed E-state index contributed by atoms with van der Waals surface area (Å²) < 4.78 is 0. The molecule has 0 N–H and O–H groups in total. The second kappa shape index (κ2) is 4.63. The molecule has 0 heteroatoms. The lowest BCUT2D eigenvalue weighted by Crippen LogP contribution is -2.01. The Morgan fingerprint density at radius 3 is 2.36 bits per heavy atom. The highest BCUT2D eigenvalue weighted by atomic mass is 14.1. The van der Waals surface area contributed by atoms with E-state index in [1.54, 1.807) is 0 Å². The summed E-state index contributed by atoms with van der Waals surface area (Å²) in [6.45, 7) is 11.2. The second-order valence-electron chi connectivity index (χ2n) is 4.58. The molecule has 14 heavy (non-hydrogen) atoms. The summed E-state index contributed by atoms with van der Waals surface area (Å²) in [5.74, 6) is 0.801. The molecule has 0 heterocycles. The Hall–Kier alpha value is -0.780. The summed E-state index contributed by atoms with van der Waals surface area (Å²) >= 11 is 0. The molecule has 0 saturated carbocycles. The summed E-state index contributed by atoms with van der Waals surface area (Å²) in [6.07, 6.45) is 2.50. The molecule has 0 aliphatic heterocycles. The van der Waals surface area contributed by atoms with Gasteiger partial charge in [0.05, 0.1) is 0 Å². The molecule has 1 aromatic carbocycles. The standard InChI is InChI=1S/C14H22/c1-6-10(2)8-14-9-11(3)7-12(4)13(14)5/h7,9-10H,6,8H2,1-5H3. The van der Waals surface area contributed by atoms with Crippen molar-refractivity contribution in [3.8, 4) is 0 Å². The van der Waals surface area contributed by atoms with Gasteiger partial charge in [0.2, 0.25) is 0 Å². The monoisotopic (exact) mass is 190 g/mol. The van der Waals surface area contributed by atoms with Crippen LogP contribution >= 0.6 is 0 Å². The van der Waals surface area contributed by atoms with Crippen molar-refractivity contribution in [3.63, 3.8) is 0 Å². The van der Waals surface area contributed by atoms with Gasteiger partial charge in [0.1, 0.15) is 0 Å². The third kappa shape index (κ3) is 2.60. The Morgan fingerprint density at radius 1 is 1.14 bits per heavy atom. The van der Waals surface area contributed by atoms with E-state index in [9.17, 15) is 0 Å². The maximum Gasteiger partial charge on any atom is -0.0250 e. The van der Waals surface area contributed by atoms with Gasteiger partial charge in [-0.25, -0.2) is 0 Å². The van der Waals surface area contributed by atoms with Crippen LogP contribution < -0.4 is 0 Å². The van der Waals surface area contributed by atoms with Gasteiger partial charge in [-0.1, -0.05) is 38.0 Å². The molecule has 0 spiro atoms. The Bertz CT molecular complexity index is 310. The molecule has 0 aliphatic carbocycles. The van der Waals surface area contributed by atoms with Crippen LogP contribution in [0.15, 0.2) is 12.1 Å². The van der Waals surface area contributed by atoms with Crippen LogP contribution in [0, 0.1) is 26.7 Å². The van der Waals surface area contributed by atoms with Crippen LogP contribution in [-0.4, -0.2) is 0 Å². The summed E-state index contributed by atoms with van der Waals surface area (Å²) in [5, 5.41) is 0. The number of hydrogen-bond acceptors (Lipinski definition) is 0. The van der Waals surface area contributed by atoms with Gasteiger partial charge in [0.15, 0.2) is 0 Å². The van der Waals surface area contributed by atoms with Crippen molar-refractivity contribution in [2.24, 2.45) is 5.92 Å². The average Bonchev–Trinajstić information content (AvgIpc) is 2.13. The first-order valence-electron chi connectivity index (χ1n) is 5.61. The van der Waals surface area contributed by atoms with Crippen LogP contribution in [0.2, 0.25) is 0 Å². The van der Waals surface area contributed by atoms with Crippen LogP contribution in [-0.2, 0) is 6.42 Å². The van der Waals surface area contributed by atoms with Crippen molar-refractivity contribution in [1.82, 2.24) is 0 Å². The van der Waals surface area contributed by atoms with Gasteiger partial charge in [0.25, 0.3) is 0 Å². The van der Waals surface area contributed by atoms with Gasteiger partial charge in [0, 0.05) is 0 Å². The molecule has 0 saturated heterocycles. The van der Waals surface area contributed by atoms with Crippen molar-refractivity contribution in [2.45, 2.75) is 47.5 Å². The predicted octanol–water partition coefficient (Wildman–Crippen LogP) is 4.20. The number of aryl methyl sites for hydroxylation is 2. The van der Waals surface area contributed by atoms with Crippen LogP contribution in [0.25, 0.3) is 0 Å². The molecule has 1 rings (SSSR count). The van der Waals surface area contributed by atoms with E-state index in [1.165, 1.54) is 35.1 Å². The first kappa shape index (κ1) is 11.3. The normalized spacial score (nSPS) is 12.9. The topological polar surface area (TPSA) is 0 Å². The fraction of sp³-hybridized carbons (Fsp3) is 0.571. The maximum absolute atomic E-state index is 2.34. The number of hydrogen-bond donors (Lipinski definition) is 0. The van der Waals surface area contributed by atoms with Crippen molar-refractivity contribution in [1.29, 1.82) is 0 Å². The SMILES string of the molecule is CCC(C)Cc1cc(C)cc(C)c1C. The Balaban J connectivity index is 2.96. The third-order valence-electron chi connectivity index (χ3n) is 3.18. The Labute approximate surface area is 88.4 Å². The lowest BCUT2D eigenvalue weighted by atomic mass is 9.92. The van der Waals surface area contributed by atoms with E-state index in [0.717, 1.165) is 5.92 Å². The van der Waals surface area contributed by atoms with Crippen molar-refractivity contribution in [3.05, 3.63) is 34.4 Å². The van der Waals surface area contributed by atoms with Crippen LogP contribution in [0.4, 0.5) is 0 Å². The molecular weight excluding hydrogens is 168 g/mol. The Kier molecular flexibility index (Phi) is 3.74. The third-order valence-corrected chi connectivity index (χ3v) is 3.18. The lowest BCUT2D eigenvalue weighted by Gasteiger charge is -2.14. The molecule has 0 aromatic heterocycles. The van der Waals surface area contributed by atoms with Crippen molar-refractivity contribution in [2.75, 3.05) is 0 Å². The number of rotatable bonds is 3. The summed E-state index contributed by atoms with van der Waals surface area (Å²) in [7, 11) is 0. The molecule has 0 nitrogen and oxygen atoms in total. The van der Waals surface area contributed by atoms with E-state index in [2.05, 4.69) is 46.8 Å². The highest BCUT2D eigenvalue weighted by Crippen LogP contribution is 2.20. The smallest absolute Gasteiger partial charge is 0.0250 e. The predicted molar refractivity (Wildman–Crippen MR) is 63.8 cm³/mol. The van der Waals surface area contributed by atoms with Crippen molar-refractivity contribution < 1.29 is 0 Å². The first-order chi connectivity index (χ1) is 6.54. The molecular formula is C14H22. The van der Waals surface area contributed by atoms with Gasteiger partial charge in [-0.15, -0.1) is 0 Å². The van der Waals surface area contributed by atoms with Crippen LogP contribution in [0.3, 0.4) is 0 Å². The first-order valence-corrected chi connectivity index (χ1v) is 5.61. The quantitative estimate of drug-likeness (QED) is 0.670. The lowest BCUT2D eigenvalue weighted by molar-refractivity contribution is 0.558. The molecule has 78 valence electrons. The second-order valence-corrected chi connectivity index (χ2v) is 4.58. The molecule has 0 fully saturated rings. The van der Waals surface area contributed by atoms with Gasteiger partial charge < -0.3 is 0 Å². The minimum absolute atomic E-state index is 0.801. The molecule has 0 radical (unpaired) electrons. The molecule has 0 amide bonds. The highest BCUT2D eigenvalue weighted by Gasteiger charge is 2.06. The van der Waals surface area contributed by atoms with Gasteiger partial charge >= 0.3 is 0 Å². The van der Waals surface area contributed by atoms with E-state index >= 15 is 0 Å². The fourth-order valence-electron chi connectivity index (χ4n) is 1.86. The summed E-state index contributed by atoms with van der Waals surface area (Å²) in [4.78, 5) is 0. The minimum Gasteiger partial charge on any atom is -0.0651 e. The highest BCUT2D eigenvalue weighted by molar-refractivity contribution is 5.37. The van der Waals surface area contributed by atoms with Crippen LogP contribution in [0.5, 0.6) is 0 Å². The van der Waals surface area contributed by atoms with Gasteiger partial charge in [-0.3, -0.25) is 0 Å². The molecule has 1 atom stereocenters. The maximum atomic E-state index is 2.34. The van der Waals surface area contributed by atoms with E-state index in [-0.39, 0.29) is 0 Å². The van der Waals surface area contributed by atoms with Gasteiger partial charge in [-0.05, 0) is 49.8 Å². The molecule has 0 aliphatic rings. The minimum atomic E-state index is 0.801. The molecule has 0 bridgehead atoms. The zero-order valence-corrected chi connectivity index (χ0v) is 10.1. The van der Waals surface area contributed by atoms with E-state index < -0.39 is 0 Å². The average molecular weight is 190 g/mol. The van der Waals surface area contributed by atoms with Gasteiger partial charge in [-0.2, -0.15) is 0 Å². The van der Waals surface area contributed by atoms with E-state index in [0.29, 0.717) is 0 Å². The summed E-state index contributed by atoms with van der Waals surface area (Å²) in [5.41, 5.74) is 5.85. The zero-order chi connectivity index (χ0) is 10.7. The van der Waals surface area contributed by atoms with Crippen LogP contribution in [0.1, 0.15) is 42.5 Å². The zero-order valence-electron chi connectivity index (χ0n) is 10.1. The largest absolute Gasteiger partial charge is 0.0651 e.